The summed E-state index contributed by atoms with van der Waals surface area (Å²) in [7, 11) is 0. The summed E-state index contributed by atoms with van der Waals surface area (Å²) in [6.07, 6.45) is 13.8. The van der Waals surface area contributed by atoms with Crippen molar-refractivity contribution in [2.24, 2.45) is 5.92 Å². The SMILES string of the molecule is c1nn(C2CCCCC2)cc1CC1CCNC1. The molecular formula is C14H23N3. The smallest absolute Gasteiger partial charge is 0.0521 e. The summed E-state index contributed by atoms with van der Waals surface area (Å²) in [5.41, 5.74) is 1.43. The van der Waals surface area contributed by atoms with E-state index >= 15 is 0 Å². The van der Waals surface area contributed by atoms with Gasteiger partial charge in [0.1, 0.15) is 0 Å². The van der Waals surface area contributed by atoms with E-state index in [-0.39, 0.29) is 0 Å². The first-order valence-corrected chi connectivity index (χ1v) is 7.15. The third kappa shape index (κ3) is 2.71. The van der Waals surface area contributed by atoms with Gasteiger partial charge in [0.25, 0.3) is 0 Å². The predicted octanol–water partition coefficient (Wildman–Crippen LogP) is 2.54. The van der Waals surface area contributed by atoms with E-state index in [1.54, 1.807) is 0 Å². The van der Waals surface area contributed by atoms with Crippen molar-refractivity contribution in [2.75, 3.05) is 13.1 Å². The van der Waals surface area contributed by atoms with Crippen molar-refractivity contribution in [1.29, 1.82) is 0 Å². The van der Waals surface area contributed by atoms with E-state index in [1.165, 1.54) is 63.6 Å². The molecule has 2 aliphatic rings. The van der Waals surface area contributed by atoms with Crippen molar-refractivity contribution >= 4 is 0 Å². The number of rotatable bonds is 3. The molecule has 0 spiro atoms. The van der Waals surface area contributed by atoms with Crippen molar-refractivity contribution in [1.82, 2.24) is 15.1 Å². The van der Waals surface area contributed by atoms with Gasteiger partial charge in [-0.2, -0.15) is 5.10 Å². The third-order valence-electron chi connectivity index (χ3n) is 4.29. The van der Waals surface area contributed by atoms with Crippen LogP contribution in [0.15, 0.2) is 12.4 Å². The largest absolute Gasteiger partial charge is 0.316 e. The first-order valence-electron chi connectivity index (χ1n) is 7.15. The molecule has 1 aliphatic heterocycles. The maximum atomic E-state index is 4.58. The van der Waals surface area contributed by atoms with E-state index in [9.17, 15) is 0 Å². The molecule has 1 aromatic rings. The van der Waals surface area contributed by atoms with Crippen molar-refractivity contribution in [3.63, 3.8) is 0 Å². The van der Waals surface area contributed by atoms with Crippen LogP contribution in [0.4, 0.5) is 0 Å². The molecule has 0 aromatic carbocycles. The van der Waals surface area contributed by atoms with E-state index in [0.29, 0.717) is 6.04 Å². The third-order valence-corrected chi connectivity index (χ3v) is 4.29. The molecule has 2 fully saturated rings. The van der Waals surface area contributed by atoms with Crippen molar-refractivity contribution in [3.8, 4) is 0 Å². The van der Waals surface area contributed by atoms with Crippen molar-refractivity contribution in [2.45, 2.75) is 51.0 Å². The number of hydrogen-bond donors (Lipinski definition) is 1. The van der Waals surface area contributed by atoms with Crippen LogP contribution < -0.4 is 5.32 Å². The summed E-state index contributed by atoms with van der Waals surface area (Å²) < 4.78 is 2.23. The zero-order valence-electron chi connectivity index (χ0n) is 10.6. The summed E-state index contributed by atoms with van der Waals surface area (Å²) in [5.74, 6) is 0.832. The summed E-state index contributed by atoms with van der Waals surface area (Å²) in [6.45, 7) is 2.38. The van der Waals surface area contributed by atoms with Crippen LogP contribution in [0.1, 0.15) is 50.1 Å². The van der Waals surface area contributed by atoms with Gasteiger partial charge in [-0.15, -0.1) is 0 Å². The Morgan fingerprint density at radius 3 is 2.88 bits per heavy atom. The summed E-state index contributed by atoms with van der Waals surface area (Å²) in [4.78, 5) is 0. The molecular weight excluding hydrogens is 210 g/mol. The van der Waals surface area contributed by atoms with E-state index in [4.69, 9.17) is 0 Å². The van der Waals surface area contributed by atoms with E-state index < -0.39 is 0 Å². The predicted molar refractivity (Wildman–Crippen MR) is 69.0 cm³/mol. The zero-order valence-corrected chi connectivity index (χ0v) is 10.6. The minimum Gasteiger partial charge on any atom is -0.316 e. The summed E-state index contributed by atoms with van der Waals surface area (Å²) in [5, 5.41) is 8.01. The van der Waals surface area contributed by atoms with Crippen LogP contribution in [0.5, 0.6) is 0 Å². The van der Waals surface area contributed by atoms with Gasteiger partial charge in [0.15, 0.2) is 0 Å². The molecule has 1 aromatic heterocycles. The number of nitrogens with zero attached hydrogens (tertiary/aromatic N) is 2. The Labute approximate surface area is 104 Å². The lowest BCUT2D eigenvalue weighted by molar-refractivity contribution is 0.329. The lowest BCUT2D eigenvalue weighted by Gasteiger charge is -2.21. The molecule has 1 N–H and O–H groups in total. The Morgan fingerprint density at radius 2 is 2.12 bits per heavy atom. The normalized spacial score (nSPS) is 26.5. The molecule has 2 heterocycles. The molecule has 3 rings (SSSR count). The summed E-state index contributed by atoms with van der Waals surface area (Å²) in [6, 6.07) is 0.680. The molecule has 0 radical (unpaired) electrons. The number of aromatic nitrogens is 2. The quantitative estimate of drug-likeness (QED) is 0.869. The molecule has 1 aliphatic carbocycles. The highest BCUT2D eigenvalue weighted by Gasteiger charge is 2.18. The maximum Gasteiger partial charge on any atom is 0.0521 e. The van der Waals surface area contributed by atoms with Crippen LogP contribution in [0.25, 0.3) is 0 Å². The molecule has 0 amide bonds. The Morgan fingerprint density at radius 1 is 1.24 bits per heavy atom. The fourth-order valence-corrected chi connectivity index (χ4v) is 3.25. The van der Waals surface area contributed by atoms with Gasteiger partial charge in [-0.25, -0.2) is 0 Å². The van der Waals surface area contributed by atoms with Crippen LogP contribution in [-0.2, 0) is 6.42 Å². The molecule has 1 unspecified atom stereocenters. The second kappa shape index (κ2) is 5.21. The fraction of sp³-hybridized carbons (Fsp3) is 0.786. The molecule has 0 bridgehead atoms. The van der Waals surface area contributed by atoms with Gasteiger partial charge in [0, 0.05) is 6.20 Å². The molecule has 17 heavy (non-hydrogen) atoms. The molecule has 1 atom stereocenters. The lowest BCUT2D eigenvalue weighted by atomic mass is 9.95. The first kappa shape index (κ1) is 11.3. The Kier molecular flexibility index (Phi) is 3.46. The minimum atomic E-state index is 0.680. The Balaban J connectivity index is 1.60. The topological polar surface area (TPSA) is 29.9 Å². The number of hydrogen-bond acceptors (Lipinski definition) is 2. The second-order valence-corrected chi connectivity index (χ2v) is 5.68. The van der Waals surface area contributed by atoms with Gasteiger partial charge in [-0.1, -0.05) is 19.3 Å². The first-order chi connectivity index (χ1) is 8.42. The van der Waals surface area contributed by atoms with Crippen LogP contribution in [0.2, 0.25) is 0 Å². The van der Waals surface area contributed by atoms with Gasteiger partial charge in [-0.3, -0.25) is 4.68 Å². The lowest BCUT2D eigenvalue weighted by Crippen LogP contribution is -2.13. The highest BCUT2D eigenvalue weighted by atomic mass is 15.3. The highest BCUT2D eigenvalue weighted by molar-refractivity contribution is 5.06. The van der Waals surface area contributed by atoms with E-state index in [2.05, 4.69) is 27.5 Å². The van der Waals surface area contributed by atoms with Crippen molar-refractivity contribution < 1.29 is 0 Å². The Bertz CT molecular complexity index is 346. The highest BCUT2D eigenvalue weighted by Crippen LogP contribution is 2.28. The van der Waals surface area contributed by atoms with E-state index in [0.717, 1.165) is 5.92 Å². The van der Waals surface area contributed by atoms with E-state index in [1.807, 2.05) is 0 Å². The minimum absolute atomic E-state index is 0.680. The van der Waals surface area contributed by atoms with Gasteiger partial charge in [0.05, 0.1) is 12.2 Å². The molecule has 3 nitrogen and oxygen atoms in total. The average Bonchev–Trinajstić information content (AvgIpc) is 3.02. The van der Waals surface area contributed by atoms with Gasteiger partial charge < -0.3 is 5.32 Å². The van der Waals surface area contributed by atoms with Gasteiger partial charge >= 0.3 is 0 Å². The van der Waals surface area contributed by atoms with Crippen LogP contribution in [0.3, 0.4) is 0 Å². The zero-order chi connectivity index (χ0) is 11.5. The van der Waals surface area contributed by atoms with Crippen LogP contribution in [0, 0.1) is 5.92 Å². The summed E-state index contributed by atoms with van der Waals surface area (Å²) >= 11 is 0. The monoisotopic (exact) mass is 233 g/mol. The molecule has 3 heteroatoms. The fourth-order valence-electron chi connectivity index (χ4n) is 3.25. The number of nitrogens with one attached hydrogen (secondary N) is 1. The van der Waals surface area contributed by atoms with Gasteiger partial charge in [0.2, 0.25) is 0 Å². The van der Waals surface area contributed by atoms with Crippen LogP contribution >= 0.6 is 0 Å². The maximum absolute atomic E-state index is 4.58. The van der Waals surface area contributed by atoms with Gasteiger partial charge in [-0.05, 0) is 50.3 Å². The van der Waals surface area contributed by atoms with Crippen LogP contribution in [-0.4, -0.2) is 22.9 Å². The molecule has 1 saturated carbocycles. The second-order valence-electron chi connectivity index (χ2n) is 5.68. The molecule has 1 saturated heterocycles. The average molecular weight is 233 g/mol. The molecule has 94 valence electrons. The Hall–Kier alpha value is -0.830. The standard InChI is InChI=1S/C14H23N3/c1-2-4-14(5-3-1)17-11-13(10-16-17)8-12-6-7-15-9-12/h10-12,14-15H,1-9H2. The van der Waals surface area contributed by atoms with Crippen molar-refractivity contribution in [3.05, 3.63) is 18.0 Å².